The zero-order valence-corrected chi connectivity index (χ0v) is 16.0. The number of ether oxygens (including phenoxy) is 3. The predicted octanol–water partition coefficient (Wildman–Crippen LogP) is 2.60. The van der Waals surface area contributed by atoms with Crippen molar-refractivity contribution in [2.24, 2.45) is 23.7 Å². The summed E-state index contributed by atoms with van der Waals surface area (Å²) in [7, 11) is 0. The van der Waals surface area contributed by atoms with E-state index in [-0.39, 0.29) is 30.6 Å². The van der Waals surface area contributed by atoms with Crippen LogP contribution in [0.4, 0.5) is 0 Å². The summed E-state index contributed by atoms with van der Waals surface area (Å²) in [5.41, 5.74) is -0.697. The Morgan fingerprint density at radius 1 is 1.11 bits per heavy atom. The molecule has 5 aliphatic rings. The molecule has 5 rings (SSSR count). The molecule has 4 aliphatic heterocycles. The van der Waals surface area contributed by atoms with Crippen LogP contribution in [0.2, 0.25) is 0 Å². The van der Waals surface area contributed by atoms with Gasteiger partial charge in [-0.15, -0.1) is 0 Å². The molecule has 1 saturated carbocycles. The second-order valence-electron chi connectivity index (χ2n) is 8.66. The lowest BCUT2D eigenvalue weighted by Crippen LogP contribution is -2.70. The number of fused-ring (bicyclic) bond motifs is 2. The van der Waals surface area contributed by atoms with Gasteiger partial charge in [0.05, 0.1) is 12.8 Å². The number of carboxylic acid groups (broad SMARTS) is 1. The van der Waals surface area contributed by atoms with E-state index in [0.29, 0.717) is 12.3 Å². The molecule has 0 aromatic carbocycles. The molecule has 8 nitrogen and oxygen atoms in total. The fourth-order valence-electron chi connectivity index (χ4n) is 5.40. The van der Waals surface area contributed by atoms with Gasteiger partial charge in [-0.2, -0.15) is 0 Å². The first-order valence-corrected chi connectivity index (χ1v) is 9.86. The van der Waals surface area contributed by atoms with Crippen LogP contribution in [0.25, 0.3) is 0 Å². The summed E-state index contributed by atoms with van der Waals surface area (Å²) < 4.78 is 17.8. The molecular weight excluding hydrogens is 356 g/mol. The second kappa shape index (κ2) is 6.69. The van der Waals surface area contributed by atoms with Gasteiger partial charge in [0.1, 0.15) is 0 Å². The number of hydrogen-bond acceptors (Lipinski definition) is 7. The second-order valence-corrected chi connectivity index (χ2v) is 8.66. The number of carboxylic acids is 1. The van der Waals surface area contributed by atoms with Gasteiger partial charge in [0.2, 0.25) is 12.1 Å². The Morgan fingerprint density at radius 3 is 2.63 bits per heavy atom. The minimum absolute atomic E-state index is 0.0670. The lowest BCUT2D eigenvalue weighted by Gasteiger charge is -2.59. The van der Waals surface area contributed by atoms with E-state index in [9.17, 15) is 9.59 Å². The van der Waals surface area contributed by atoms with Crippen LogP contribution in [0.1, 0.15) is 59.3 Å². The first-order chi connectivity index (χ1) is 12.7. The molecule has 152 valence electrons. The molecule has 1 aliphatic carbocycles. The lowest BCUT2D eigenvalue weighted by atomic mass is 9.58. The van der Waals surface area contributed by atoms with Gasteiger partial charge >= 0.3 is 11.9 Å². The van der Waals surface area contributed by atoms with Crippen molar-refractivity contribution in [3.05, 3.63) is 0 Å². The number of aliphatic carboxylic acids is 1. The summed E-state index contributed by atoms with van der Waals surface area (Å²) >= 11 is 0. The van der Waals surface area contributed by atoms with Crippen LogP contribution in [-0.2, 0) is 33.6 Å². The highest BCUT2D eigenvalue weighted by Gasteiger charge is 2.69. The monoisotopic (exact) mass is 384 g/mol. The molecule has 0 aromatic heterocycles. The fraction of sp³-hybridized carbons (Fsp3) is 0.895. The summed E-state index contributed by atoms with van der Waals surface area (Å²) in [6.45, 7) is 6.06. The quantitative estimate of drug-likeness (QED) is 0.583. The molecular formula is C19H28O8. The third-order valence-corrected chi connectivity index (χ3v) is 6.89. The zero-order valence-electron chi connectivity index (χ0n) is 16.0. The molecule has 8 atom stereocenters. The number of esters is 1. The van der Waals surface area contributed by atoms with Crippen molar-refractivity contribution < 1.29 is 38.7 Å². The first kappa shape index (κ1) is 19.1. The van der Waals surface area contributed by atoms with Crippen molar-refractivity contribution >= 4 is 11.9 Å². The third kappa shape index (κ3) is 3.06. The van der Waals surface area contributed by atoms with Crippen LogP contribution < -0.4 is 0 Å². The maximum absolute atomic E-state index is 12.1. The predicted molar refractivity (Wildman–Crippen MR) is 89.8 cm³/mol. The molecule has 2 bridgehead atoms. The summed E-state index contributed by atoms with van der Waals surface area (Å²) in [5, 5.41) is 8.76. The zero-order chi connectivity index (χ0) is 19.4. The average molecular weight is 384 g/mol. The van der Waals surface area contributed by atoms with Crippen molar-refractivity contribution in [3.8, 4) is 0 Å². The Kier molecular flexibility index (Phi) is 4.73. The van der Waals surface area contributed by atoms with E-state index in [1.54, 1.807) is 0 Å². The Hall–Kier alpha value is -1.22. The fourth-order valence-corrected chi connectivity index (χ4v) is 5.40. The molecule has 6 unspecified atom stereocenters. The van der Waals surface area contributed by atoms with E-state index < -0.39 is 35.9 Å². The number of hydrogen-bond donors (Lipinski definition) is 1. The summed E-state index contributed by atoms with van der Waals surface area (Å²) in [6, 6.07) is 0. The van der Waals surface area contributed by atoms with E-state index in [1.165, 1.54) is 0 Å². The van der Waals surface area contributed by atoms with E-state index in [0.717, 1.165) is 19.3 Å². The molecule has 1 N–H and O–H groups in total. The van der Waals surface area contributed by atoms with E-state index >= 15 is 0 Å². The van der Waals surface area contributed by atoms with Crippen molar-refractivity contribution in [2.75, 3.05) is 0 Å². The SMILES string of the molecule is CC1CCC2[C@@H](C)C(OC(=O)CCC(=O)O)OC3O[C@@]4(C)CCC1C32OO4. The van der Waals surface area contributed by atoms with Crippen LogP contribution in [0.15, 0.2) is 0 Å². The van der Waals surface area contributed by atoms with Crippen molar-refractivity contribution in [1.82, 2.24) is 0 Å². The molecule has 0 aromatic rings. The average Bonchev–Trinajstić information content (AvgIpc) is 2.84. The first-order valence-electron chi connectivity index (χ1n) is 9.86. The van der Waals surface area contributed by atoms with Crippen LogP contribution >= 0.6 is 0 Å². The van der Waals surface area contributed by atoms with Gasteiger partial charge in [-0.05, 0) is 38.0 Å². The lowest BCUT2D eigenvalue weighted by molar-refractivity contribution is -0.576. The highest BCUT2D eigenvalue weighted by molar-refractivity contribution is 5.76. The van der Waals surface area contributed by atoms with Crippen molar-refractivity contribution in [2.45, 2.75) is 83.3 Å². The van der Waals surface area contributed by atoms with E-state index in [4.69, 9.17) is 29.1 Å². The van der Waals surface area contributed by atoms with Gasteiger partial charge in [0.15, 0.2) is 11.9 Å². The van der Waals surface area contributed by atoms with Crippen LogP contribution in [0, 0.1) is 23.7 Å². The summed E-state index contributed by atoms with van der Waals surface area (Å²) in [6.07, 6.45) is 1.72. The Labute approximate surface area is 158 Å². The van der Waals surface area contributed by atoms with Gasteiger partial charge < -0.3 is 19.3 Å². The highest BCUT2D eigenvalue weighted by atomic mass is 17.3. The number of carbonyl (C=O) groups excluding carboxylic acids is 1. The van der Waals surface area contributed by atoms with Crippen molar-refractivity contribution in [1.29, 1.82) is 0 Å². The van der Waals surface area contributed by atoms with Gasteiger partial charge in [-0.1, -0.05) is 13.8 Å². The smallest absolute Gasteiger partial charge is 0.308 e. The third-order valence-electron chi connectivity index (χ3n) is 6.89. The van der Waals surface area contributed by atoms with Gasteiger partial charge in [-0.3, -0.25) is 9.59 Å². The van der Waals surface area contributed by atoms with Crippen molar-refractivity contribution in [3.63, 3.8) is 0 Å². The molecule has 1 spiro atoms. The Morgan fingerprint density at radius 2 is 1.89 bits per heavy atom. The number of rotatable bonds is 4. The summed E-state index contributed by atoms with van der Waals surface area (Å²) in [4.78, 5) is 34.5. The number of carbonyl (C=O) groups is 2. The minimum atomic E-state index is -1.03. The highest BCUT2D eigenvalue weighted by Crippen LogP contribution is 2.60. The standard InChI is InChI=1S/C19H28O8/c1-10-4-5-13-11(2)16(23-15(22)7-6-14(20)21)24-17-19(13)12(10)8-9-18(3,25-17)26-27-19/h10-13,16-17H,4-9H2,1-3H3,(H,20,21)/t10?,11-,12?,13?,16?,17?,18-,19?/m1/s1. The molecule has 27 heavy (non-hydrogen) atoms. The molecule has 0 amide bonds. The normalized spacial score (nSPS) is 48.4. The maximum Gasteiger partial charge on any atom is 0.308 e. The summed E-state index contributed by atoms with van der Waals surface area (Å²) in [5.74, 6) is -1.82. The van der Waals surface area contributed by atoms with Crippen LogP contribution in [-0.4, -0.2) is 41.0 Å². The van der Waals surface area contributed by atoms with Gasteiger partial charge in [0, 0.05) is 18.3 Å². The van der Waals surface area contributed by atoms with E-state index in [1.807, 2.05) is 13.8 Å². The van der Waals surface area contributed by atoms with Gasteiger partial charge in [0.25, 0.3) is 0 Å². The van der Waals surface area contributed by atoms with E-state index in [2.05, 4.69) is 6.92 Å². The molecule has 0 radical (unpaired) electrons. The van der Waals surface area contributed by atoms with Crippen LogP contribution in [0.5, 0.6) is 0 Å². The Balaban J connectivity index is 1.58. The molecule has 4 saturated heterocycles. The van der Waals surface area contributed by atoms with Crippen LogP contribution in [0.3, 0.4) is 0 Å². The Bertz CT molecular complexity index is 623. The topological polar surface area (TPSA) is 101 Å². The molecule has 4 heterocycles. The molecule has 5 fully saturated rings. The van der Waals surface area contributed by atoms with Gasteiger partial charge in [-0.25, -0.2) is 9.78 Å². The minimum Gasteiger partial charge on any atom is -0.481 e. The molecule has 8 heteroatoms. The largest absolute Gasteiger partial charge is 0.481 e. The maximum atomic E-state index is 12.1.